The van der Waals surface area contributed by atoms with Gasteiger partial charge in [0.1, 0.15) is 0 Å². The Kier molecular flexibility index (Phi) is 5.03. The first-order chi connectivity index (χ1) is 12.6. The molecule has 0 unspecified atom stereocenters. The van der Waals surface area contributed by atoms with Gasteiger partial charge in [0.15, 0.2) is 0 Å². The Morgan fingerprint density at radius 1 is 1.08 bits per heavy atom. The van der Waals surface area contributed by atoms with Gasteiger partial charge in [-0.3, -0.25) is 15.1 Å². The molecule has 0 spiro atoms. The molecule has 26 heavy (non-hydrogen) atoms. The van der Waals surface area contributed by atoms with Crippen LogP contribution in [0, 0.1) is 10.1 Å². The number of benzene rings is 2. The van der Waals surface area contributed by atoms with Crippen molar-refractivity contribution in [2.45, 2.75) is 6.92 Å². The van der Waals surface area contributed by atoms with Gasteiger partial charge in [0.25, 0.3) is 5.69 Å². The van der Waals surface area contributed by atoms with Crippen molar-refractivity contribution >= 4 is 11.7 Å². The van der Waals surface area contributed by atoms with Gasteiger partial charge in [0, 0.05) is 29.5 Å². The van der Waals surface area contributed by atoms with Crippen molar-refractivity contribution < 1.29 is 14.5 Å². The first kappa shape index (κ1) is 17.3. The summed E-state index contributed by atoms with van der Waals surface area (Å²) < 4.78 is 5.05. The lowest BCUT2D eigenvalue weighted by molar-refractivity contribution is -0.384. The van der Waals surface area contributed by atoms with E-state index in [0.29, 0.717) is 11.3 Å². The summed E-state index contributed by atoms with van der Waals surface area (Å²) in [6.45, 7) is 2.03. The summed E-state index contributed by atoms with van der Waals surface area (Å²) in [5, 5.41) is 10.9. The zero-order valence-electron chi connectivity index (χ0n) is 14.1. The second-order valence-corrected chi connectivity index (χ2v) is 5.51. The Bertz CT molecular complexity index is 938. The molecule has 130 valence electrons. The maximum Gasteiger partial charge on any atom is 0.339 e. The number of non-ortho nitro benzene ring substituents is 1. The highest BCUT2D eigenvalue weighted by Gasteiger charge is 2.15. The van der Waals surface area contributed by atoms with Crippen LogP contribution in [0.2, 0.25) is 0 Å². The number of nitrogens with zero attached hydrogens (tertiary/aromatic N) is 2. The van der Waals surface area contributed by atoms with E-state index >= 15 is 0 Å². The van der Waals surface area contributed by atoms with Gasteiger partial charge in [-0.25, -0.2) is 4.79 Å². The lowest BCUT2D eigenvalue weighted by Crippen LogP contribution is -2.06. The van der Waals surface area contributed by atoms with Gasteiger partial charge in [0.05, 0.1) is 22.8 Å². The highest BCUT2D eigenvalue weighted by Crippen LogP contribution is 2.32. The highest BCUT2D eigenvalue weighted by molar-refractivity contribution is 5.93. The molecule has 3 rings (SSSR count). The first-order valence-electron chi connectivity index (χ1n) is 8.07. The monoisotopic (exact) mass is 348 g/mol. The molecule has 3 aromatic rings. The number of carbonyl (C=O) groups excluding carboxylic acids is 1. The van der Waals surface area contributed by atoms with Crippen molar-refractivity contribution in [3.8, 4) is 22.4 Å². The molecule has 0 saturated carbocycles. The molecule has 2 aromatic carbocycles. The molecule has 0 aliphatic rings. The Balaban J connectivity index is 2.12. The average Bonchev–Trinajstić information content (AvgIpc) is 2.68. The molecule has 0 aliphatic carbocycles. The van der Waals surface area contributed by atoms with Gasteiger partial charge in [-0.05, 0) is 30.7 Å². The fourth-order valence-corrected chi connectivity index (χ4v) is 2.60. The minimum atomic E-state index is -0.445. The molecule has 0 fully saturated rings. The Labute approximate surface area is 150 Å². The predicted octanol–water partition coefficient (Wildman–Crippen LogP) is 4.50. The number of ether oxygens (including phenoxy) is 1. The fraction of sp³-hybridized carbons (Fsp3) is 0.100. The van der Waals surface area contributed by atoms with Crippen molar-refractivity contribution in [1.29, 1.82) is 0 Å². The summed E-state index contributed by atoms with van der Waals surface area (Å²) in [5.74, 6) is -0.438. The normalized spacial score (nSPS) is 10.3. The SMILES string of the molecule is CCOC(=O)c1cnc(-c2ccc([N+](=O)[O-])cc2)c(-c2ccccc2)c1. The summed E-state index contributed by atoms with van der Waals surface area (Å²) in [6.07, 6.45) is 1.46. The number of pyridine rings is 1. The maximum atomic E-state index is 12.1. The van der Waals surface area contributed by atoms with Crippen LogP contribution in [0.15, 0.2) is 66.9 Å². The highest BCUT2D eigenvalue weighted by atomic mass is 16.6. The van der Waals surface area contributed by atoms with E-state index in [-0.39, 0.29) is 12.3 Å². The van der Waals surface area contributed by atoms with E-state index in [0.717, 1.165) is 16.7 Å². The maximum absolute atomic E-state index is 12.1. The molecule has 6 heteroatoms. The summed E-state index contributed by atoms with van der Waals surface area (Å²) in [7, 11) is 0. The van der Waals surface area contributed by atoms with Crippen molar-refractivity contribution in [2.75, 3.05) is 6.61 Å². The Morgan fingerprint density at radius 2 is 1.77 bits per heavy atom. The molecule has 0 bridgehead atoms. The van der Waals surface area contributed by atoms with Gasteiger partial charge in [-0.1, -0.05) is 30.3 Å². The molecule has 0 atom stereocenters. The molecule has 1 heterocycles. The van der Waals surface area contributed by atoms with Crippen LogP contribution >= 0.6 is 0 Å². The molecule has 0 aliphatic heterocycles. The van der Waals surface area contributed by atoms with Gasteiger partial charge < -0.3 is 4.74 Å². The van der Waals surface area contributed by atoms with Crippen molar-refractivity contribution in [1.82, 2.24) is 4.98 Å². The molecular formula is C20H16N2O4. The molecule has 0 saturated heterocycles. The Morgan fingerprint density at radius 3 is 2.38 bits per heavy atom. The second-order valence-electron chi connectivity index (χ2n) is 5.51. The molecular weight excluding hydrogens is 332 g/mol. The van der Waals surface area contributed by atoms with Gasteiger partial charge in [0.2, 0.25) is 0 Å². The van der Waals surface area contributed by atoms with E-state index in [1.807, 2.05) is 30.3 Å². The number of aromatic nitrogens is 1. The van der Waals surface area contributed by atoms with Crippen molar-refractivity contribution in [3.05, 3.63) is 82.5 Å². The topological polar surface area (TPSA) is 82.3 Å². The first-order valence-corrected chi connectivity index (χ1v) is 8.07. The zero-order chi connectivity index (χ0) is 18.5. The number of hydrogen-bond acceptors (Lipinski definition) is 5. The van der Waals surface area contributed by atoms with Gasteiger partial charge >= 0.3 is 5.97 Å². The van der Waals surface area contributed by atoms with Gasteiger partial charge in [-0.15, -0.1) is 0 Å². The van der Waals surface area contributed by atoms with Crippen LogP contribution in [0.3, 0.4) is 0 Å². The molecule has 1 aromatic heterocycles. The van der Waals surface area contributed by atoms with Crippen molar-refractivity contribution in [3.63, 3.8) is 0 Å². The van der Waals surface area contributed by atoms with E-state index < -0.39 is 10.9 Å². The molecule has 6 nitrogen and oxygen atoms in total. The third-order valence-electron chi connectivity index (χ3n) is 3.84. The van der Waals surface area contributed by atoms with E-state index in [1.165, 1.54) is 18.3 Å². The minimum absolute atomic E-state index is 0.0122. The number of nitro groups is 1. The lowest BCUT2D eigenvalue weighted by atomic mass is 9.98. The standard InChI is InChI=1S/C20H16N2O4/c1-2-26-20(23)16-12-18(14-6-4-3-5-7-14)19(21-13-16)15-8-10-17(11-9-15)22(24)25/h3-13H,2H2,1H3. The summed E-state index contributed by atoms with van der Waals surface area (Å²) in [6, 6.07) is 17.4. The van der Waals surface area contributed by atoms with Crippen LogP contribution in [-0.2, 0) is 4.74 Å². The average molecular weight is 348 g/mol. The summed E-state index contributed by atoms with van der Waals surface area (Å²) in [5.41, 5.74) is 3.38. The van der Waals surface area contributed by atoms with Gasteiger partial charge in [-0.2, -0.15) is 0 Å². The van der Waals surface area contributed by atoms with Crippen LogP contribution in [0.1, 0.15) is 17.3 Å². The van der Waals surface area contributed by atoms with E-state index in [9.17, 15) is 14.9 Å². The quantitative estimate of drug-likeness (QED) is 0.385. The molecule has 0 amide bonds. The third-order valence-corrected chi connectivity index (χ3v) is 3.84. The summed E-state index contributed by atoms with van der Waals surface area (Å²) in [4.78, 5) is 26.9. The Hall–Kier alpha value is -3.54. The van der Waals surface area contributed by atoms with E-state index in [1.54, 1.807) is 25.1 Å². The molecule has 0 N–H and O–H groups in total. The second kappa shape index (κ2) is 7.57. The van der Waals surface area contributed by atoms with Crippen LogP contribution in [0.25, 0.3) is 22.4 Å². The van der Waals surface area contributed by atoms with Crippen LogP contribution in [0.5, 0.6) is 0 Å². The smallest absolute Gasteiger partial charge is 0.339 e. The van der Waals surface area contributed by atoms with Crippen LogP contribution < -0.4 is 0 Å². The number of nitro benzene ring substituents is 1. The number of hydrogen-bond donors (Lipinski definition) is 0. The van der Waals surface area contributed by atoms with Crippen LogP contribution in [-0.4, -0.2) is 22.5 Å². The third kappa shape index (κ3) is 3.59. The zero-order valence-corrected chi connectivity index (χ0v) is 14.1. The van der Waals surface area contributed by atoms with E-state index in [2.05, 4.69) is 4.98 Å². The minimum Gasteiger partial charge on any atom is -0.462 e. The lowest BCUT2D eigenvalue weighted by Gasteiger charge is -2.11. The number of rotatable bonds is 5. The largest absolute Gasteiger partial charge is 0.462 e. The predicted molar refractivity (Wildman–Crippen MR) is 97.7 cm³/mol. The summed E-state index contributed by atoms with van der Waals surface area (Å²) >= 11 is 0. The number of esters is 1. The fourth-order valence-electron chi connectivity index (χ4n) is 2.60. The molecule has 0 radical (unpaired) electrons. The van der Waals surface area contributed by atoms with Crippen molar-refractivity contribution in [2.24, 2.45) is 0 Å². The van der Waals surface area contributed by atoms with E-state index in [4.69, 9.17) is 4.74 Å². The number of carbonyl (C=O) groups is 1. The van der Waals surface area contributed by atoms with Crippen LogP contribution in [0.4, 0.5) is 5.69 Å².